The van der Waals surface area contributed by atoms with Gasteiger partial charge in [-0.1, -0.05) is 40.9 Å². The van der Waals surface area contributed by atoms with Crippen molar-refractivity contribution in [3.8, 4) is 11.5 Å². The molecule has 1 amide bonds. The number of hydrogen-bond acceptors (Lipinski definition) is 7. The number of pyridine rings is 1. The lowest BCUT2D eigenvalue weighted by Gasteiger charge is -2.25. The van der Waals surface area contributed by atoms with Crippen LogP contribution in [-0.2, 0) is 14.8 Å². The molecule has 0 saturated heterocycles. The number of benzene rings is 3. The monoisotopic (exact) mass is 586 g/mol. The Morgan fingerprint density at radius 1 is 1.03 bits per heavy atom. The minimum atomic E-state index is -4.19. The van der Waals surface area contributed by atoms with E-state index in [1.54, 1.807) is 43.5 Å². The van der Waals surface area contributed by atoms with E-state index in [1.165, 1.54) is 37.6 Å². The van der Waals surface area contributed by atoms with Gasteiger partial charge < -0.3 is 9.47 Å². The molecular weight excluding hydrogens is 563 g/mol. The molecule has 202 valence electrons. The smallest absolute Gasteiger partial charge is 0.264 e. The third-order valence-corrected chi connectivity index (χ3v) is 8.02. The van der Waals surface area contributed by atoms with Crippen LogP contribution in [0.5, 0.6) is 11.5 Å². The molecule has 0 radical (unpaired) electrons. The van der Waals surface area contributed by atoms with Gasteiger partial charge in [-0.05, 0) is 55.5 Å². The van der Waals surface area contributed by atoms with Crippen molar-refractivity contribution in [1.29, 1.82) is 0 Å². The topological polar surface area (TPSA) is 110 Å². The SMILES string of the molecule is COc1ccc2cc(/C=N/NC(=O)CN(c3cc(Cl)ccc3OC)S(=O)(=O)c3ccc(C)cc3)c(Cl)nc2c1. The molecule has 0 bridgehead atoms. The molecule has 4 rings (SSSR count). The number of sulfonamides is 1. The van der Waals surface area contributed by atoms with Crippen molar-refractivity contribution >= 4 is 61.9 Å². The van der Waals surface area contributed by atoms with E-state index in [9.17, 15) is 13.2 Å². The normalized spacial score (nSPS) is 11.5. The average Bonchev–Trinajstić information content (AvgIpc) is 2.91. The minimum absolute atomic E-state index is 0.00270. The predicted octanol–water partition coefficient (Wildman–Crippen LogP) is 5.21. The van der Waals surface area contributed by atoms with Gasteiger partial charge in [0.25, 0.3) is 15.9 Å². The highest BCUT2D eigenvalue weighted by atomic mass is 35.5. The highest BCUT2D eigenvalue weighted by Gasteiger charge is 2.29. The van der Waals surface area contributed by atoms with Crippen LogP contribution in [0, 0.1) is 6.92 Å². The minimum Gasteiger partial charge on any atom is -0.497 e. The zero-order valence-electron chi connectivity index (χ0n) is 21.2. The first kappa shape index (κ1) is 28.2. The van der Waals surface area contributed by atoms with Gasteiger partial charge in [-0.15, -0.1) is 0 Å². The molecule has 0 saturated carbocycles. The lowest BCUT2D eigenvalue weighted by Crippen LogP contribution is -2.39. The third kappa shape index (κ3) is 6.42. The highest BCUT2D eigenvalue weighted by molar-refractivity contribution is 7.92. The molecule has 3 aromatic carbocycles. The van der Waals surface area contributed by atoms with Gasteiger partial charge in [0.1, 0.15) is 23.2 Å². The summed E-state index contributed by atoms with van der Waals surface area (Å²) in [7, 11) is -1.24. The molecule has 0 spiro atoms. The van der Waals surface area contributed by atoms with Crippen LogP contribution in [0.4, 0.5) is 5.69 Å². The summed E-state index contributed by atoms with van der Waals surface area (Å²) in [5.74, 6) is 0.150. The van der Waals surface area contributed by atoms with Crippen molar-refractivity contribution in [1.82, 2.24) is 10.4 Å². The number of hydrogen-bond donors (Lipinski definition) is 1. The van der Waals surface area contributed by atoms with Gasteiger partial charge in [-0.3, -0.25) is 9.10 Å². The number of amides is 1. The van der Waals surface area contributed by atoms with Crippen LogP contribution in [0.15, 0.2) is 76.7 Å². The molecule has 0 unspecified atom stereocenters. The quantitative estimate of drug-likeness (QED) is 0.164. The summed E-state index contributed by atoms with van der Waals surface area (Å²) in [5.41, 5.74) is 4.42. The van der Waals surface area contributed by atoms with E-state index in [-0.39, 0.29) is 26.5 Å². The largest absolute Gasteiger partial charge is 0.497 e. The molecule has 1 heterocycles. The fraction of sp³-hybridized carbons (Fsp3) is 0.148. The Labute approximate surface area is 236 Å². The Bertz CT molecular complexity index is 1660. The number of ether oxygens (including phenoxy) is 2. The summed E-state index contributed by atoms with van der Waals surface area (Å²) >= 11 is 12.5. The fourth-order valence-electron chi connectivity index (χ4n) is 3.69. The van der Waals surface area contributed by atoms with Crippen molar-refractivity contribution in [2.24, 2.45) is 5.10 Å². The van der Waals surface area contributed by atoms with Gasteiger partial charge in [-0.25, -0.2) is 18.8 Å². The number of carbonyl (C=O) groups is 1. The van der Waals surface area contributed by atoms with Crippen molar-refractivity contribution < 1.29 is 22.7 Å². The van der Waals surface area contributed by atoms with Gasteiger partial charge in [0.2, 0.25) is 0 Å². The lowest BCUT2D eigenvalue weighted by atomic mass is 10.1. The van der Waals surface area contributed by atoms with Crippen LogP contribution in [-0.4, -0.2) is 46.3 Å². The number of halogens is 2. The van der Waals surface area contributed by atoms with Crippen molar-refractivity contribution in [2.45, 2.75) is 11.8 Å². The molecule has 0 atom stereocenters. The van der Waals surface area contributed by atoms with Crippen molar-refractivity contribution in [3.63, 3.8) is 0 Å². The van der Waals surface area contributed by atoms with E-state index in [0.29, 0.717) is 16.8 Å². The Kier molecular flexibility index (Phi) is 8.59. The first-order valence-electron chi connectivity index (χ1n) is 11.5. The number of nitrogens with one attached hydrogen (secondary N) is 1. The maximum absolute atomic E-state index is 13.6. The van der Waals surface area contributed by atoms with E-state index in [1.807, 2.05) is 13.0 Å². The second-order valence-electron chi connectivity index (χ2n) is 8.36. The maximum atomic E-state index is 13.6. The Morgan fingerprint density at radius 2 is 1.77 bits per heavy atom. The van der Waals surface area contributed by atoms with Crippen LogP contribution < -0.4 is 19.2 Å². The molecule has 39 heavy (non-hydrogen) atoms. The molecule has 4 aromatic rings. The number of fused-ring (bicyclic) bond motifs is 1. The van der Waals surface area contributed by atoms with Crippen LogP contribution in [0.3, 0.4) is 0 Å². The molecule has 0 aliphatic carbocycles. The Hall–Kier alpha value is -3.86. The van der Waals surface area contributed by atoms with Gasteiger partial charge >= 0.3 is 0 Å². The number of nitrogens with zero attached hydrogens (tertiary/aromatic N) is 3. The summed E-state index contributed by atoms with van der Waals surface area (Å²) in [6.07, 6.45) is 1.33. The summed E-state index contributed by atoms with van der Waals surface area (Å²) in [6, 6.07) is 17.9. The van der Waals surface area contributed by atoms with Crippen molar-refractivity contribution in [3.05, 3.63) is 88.0 Å². The Balaban J connectivity index is 1.61. The summed E-state index contributed by atoms with van der Waals surface area (Å²) < 4.78 is 38.8. The predicted molar refractivity (Wildman–Crippen MR) is 153 cm³/mol. The number of rotatable bonds is 9. The van der Waals surface area contributed by atoms with Gasteiger partial charge in [0.05, 0.1) is 36.5 Å². The fourth-order valence-corrected chi connectivity index (χ4v) is 5.48. The molecular formula is C27H24Cl2N4O5S. The second-order valence-corrected chi connectivity index (χ2v) is 11.0. The van der Waals surface area contributed by atoms with Crippen LogP contribution >= 0.6 is 23.2 Å². The first-order chi connectivity index (χ1) is 18.6. The molecule has 0 fully saturated rings. The first-order valence-corrected chi connectivity index (χ1v) is 13.7. The molecule has 12 heteroatoms. The Morgan fingerprint density at radius 3 is 2.46 bits per heavy atom. The van der Waals surface area contributed by atoms with E-state index in [4.69, 9.17) is 32.7 Å². The van der Waals surface area contributed by atoms with Crippen molar-refractivity contribution in [2.75, 3.05) is 25.1 Å². The molecule has 1 aromatic heterocycles. The van der Waals surface area contributed by atoms with Gasteiger partial charge in [0.15, 0.2) is 0 Å². The van der Waals surface area contributed by atoms with E-state index in [0.717, 1.165) is 15.3 Å². The molecule has 1 N–H and O–H groups in total. The summed E-state index contributed by atoms with van der Waals surface area (Å²) in [6.45, 7) is 1.24. The number of carbonyl (C=O) groups excluding carboxylic acids is 1. The second kappa shape index (κ2) is 11.9. The van der Waals surface area contributed by atoms with Gasteiger partial charge in [0, 0.05) is 22.0 Å². The van der Waals surface area contributed by atoms with Crippen LogP contribution in [0.25, 0.3) is 10.9 Å². The number of aryl methyl sites for hydroxylation is 1. The number of hydrazone groups is 1. The standard InChI is InChI=1S/C27H24Cl2N4O5S/c1-17-4-9-22(10-5-17)39(35,36)33(24-13-20(28)7-11-25(24)38-3)16-26(34)32-30-15-19-12-18-6-8-21(37-2)14-23(18)31-27(19)29/h4-15H,16H2,1-3H3,(H,32,34)/b30-15+. The molecule has 0 aliphatic heterocycles. The molecule has 0 aliphatic rings. The number of methoxy groups -OCH3 is 2. The molecule has 9 nitrogen and oxygen atoms in total. The van der Waals surface area contributed by atoms with Crippen LogP contribution in [0.1, 0.15) is 11.1 Å². The zero-order chi connectivity index (χ0) is 28.2. The van der Waals surface area contributed by atoms with Crippen LogP contribution in [0.2, 0.25) is 10.2 Å². The lowest BCUT2D eigenvalue weighted by molar-refractivity contribution is -0.119. The average molecular weight is 587 g/mol. The van der Waals surface area contributed by atoms with Gasteiger partial charge in [-0.2, -0.15) is 5.10 Å². The summed E-state index contributed by atoms with van der Waals surface area (Å²) in [4.78, 5) is 17.3. The van der Waals surface area contributed by atoms with E-state index >= 15 is 0 Å². The zero-order valence-corrected chi connectivity index (χ0v) is 23.5. The number of aromatic nitrogens is 1. The third-order valence-electron chi connectivity index (χ3n) is 5.70. The number of anilines is 1. The maximum Gasteiger partial charge on any atom is 0.264 e. The van der Waals surface area contributed by atoms with E-state index in [2.05, 4.69) is 15.5 Å². The summed E-state index contributed by atoms with van der Waals surface area (Å²) in [5, 5.41) is 5.19. The van der Waals surface area contributed by atoms with E-state index < -0.39 is 22.5 Å². The highest BCUT2D eigenvalue weighted by Crippen LogP contribution is 2.35.